The Morgan fingerprint density at radius 1 is 1.18 bits per heavy atom. The minimum absolute atomic E-state index is 0.0510. The number of carbonyl (C=O) groups excluding carboxylic acids is 2. The Balaban J connectivity index is 1.47. The molecule has 1 amide bonds. The van der Waals surface area contributed by atoms with Crippen LogP contribution >= 0.6 is 11.3 Å². The summed E-state index contributed by atoms with van der Waals surface area (Å²) in [7, 11) is 0. The van der Waals surface area contributed by atoms with Crippen molar-refractivity contribution in [1.82, 2.24) is 9.55 Å². The van der Waals surface area contributed by atoms with Gasteiger partial charge in [-0.05, 0) is 35.2 Å². The zero-order valence-electron chi connectivity index (χ0n) is 18.1. The van der Waals surface area contributed by atoms with Gasteiger partial charge in [0.05, 0.1) is 23.9 Å². The van der Waals surface area contributed by atoms with Crippen LogP contribution in [-0.4, -0.2) is 27.8 Å². The Labute approximate surface area is 193 Å². The van der Waals surface area contributed by atoms with Crippen molar-refractivity contribution < 1.29 is 14.3 Å². The lowest BCUT2D eigenvalue weighted by molar-refractivity contribution is -0.118. The van der Waals surface area contributed by atoms with E-state index in [1.54, 1.807) is 18.2 Å². The lowest BCUT2D eigenvalue weighted by Gasteiger charge is -2.18. The highest BCUT2D eigenvalue weighted by molar-refractivity contribution is 7.17. The van der Waals surface area contributed by atoms with Crippen molar-refractivity contribution in [3.8, 4) is 16.9 Å². The Hall–Kier alpha value is -3.78. The number of nitrogens with zero attached hydrogens (tertiary/aromatic N) is 2. The van der Waals surface area contributed by atoms with Gasteiger partial charge in [0.2, 0.25) is 0 Å². The highest BCUT2D eigenvalue weighted by atomic mass is 32.1. The second kappa shape index (κ2) is 8.29. The average Bonchev–Trinajstić information content (AvgIpc) is 3.25. The maximum atomic E-state index is 13.3. The van der Waals surface area contributed by atoms with Crippen LogP contribution in [0.15, 0.2) is 59.0 Å². The van der Waals surface area contributed by atoms with E-state index in [1.807, 2.05) is 17.5 Å². The third kappa shape index (κ3) is 3.93. The maximum Gasteiger partial charge on any atom is 0.263 e. The summed E-state index contributed by atoms with van der Waals surface area (Å²) < 4.78 is 6.67. The van der Waals surface area contributed by atoms with Gasteiger partial charge in [-0.25, -0.2) is 4.98 Å². The van der Waals surface area contributed by atoms with E-state index in [0.29, 0.717) is 33.1 Å². The highest BCUT2D eigenvalue weighted by Crippen LogP contribution is 2.32. The number of rotatable bonds is 5. The van der Waals surface area contributed by atoms with Gasteiger partial charge in [0, 0.05) is 16.5 Å². The summed E-state index contributed by atoms with van der Waals surface area (Å²) in [5.74, 6) is 0.396. The van der Waals surface area contributed by atoms with Gasteiger partial charge < -0.3 is 10.1 Å². The predicted octanol–water partition coefficient (Wildman–Crippen LogP) is 4.46. The molecule has 33 heavy (non-hydrogen) atoms. The number of benzene rings is 2. The molecule has 8 heteroatoms. The minimum atomic E-state index is -0.274. The number of Topliss-reactive ketones (excluding diaryl/α,β-unsaturated/α-hetero) is 1. The van der Waals surface area contributed by atoms with Crippen molar-refractivity contribution in [1.29, 1.82) is 0 Å². The summed E-state index contributed by atoms with van der Waals surface area (Å²) in [5, 5.41) is 5.14. The van der Waals surface area contributed by atoms with E-state index >= 15 is 0 Å². The number of anilines is 1. The average molecular weight is 460 g/mol. The largest absolute Gasteiger partial charge is 0.482 e. The van der Waals surface area contributed by atoms with Gasteiger partial charge in [0.25, 0.3) is 11.5 Å². The molecular formula is C25H21N3O4S. The molecule has 166 valence electrons. The molecule has 0 saturated carbocycles. The second-order valence-electron chi connectivity index (χ2n) is 8.25. The molecule has 0 aliphatic carbocycles. The minimum Gasteiger partial charge on any atom is -0.482 e. The molecule has 7 nitrogen and oxygen atoms in total. The van der Waals surface area contributed by atoms with Crippen molar-refractivity contribution in [3.63, 3.8) is 0 Å². The number of carbonyl (C=O) groups is 2. The molecule has 3 heterocycles. The number of ketones is 1. The van der Waals surface area contributed by atoms with Gasteiger partial charge in [-0.3, -0.25) is 19.0 Å². The fourth-order valence-electron chi connectivity index (χ4n) is 3.84. The zero-order valence-corrected chi connectivity index (χ0v) is 18.9. The Bertz CT molecular complexity index is 1450. The lowest BCUT2D eigenvalue weighted by atomic mass is 9.99. The van der Waals surface area contributed by atoms with E-state index in [4.69, 9.17) is 4.74 Å². The Morgan fingerprint density at radius 2 is 1.97 bits per heavy atom. The molecule has 2 aromatic heterocycles. The molecule has 0 radical (unpaired) electrons. The molecule has 1 N–H and O–H groups in total. The van der Waals surface area contributed by atoms with E-state index in [1.165, 1.54) is 27.8 Å². The van der Waals surface area contributed by atoms with Crippen molar-refractivity contribution in [2.24, 2.45) is 0 Å². The zero-order chi connectivity index (χ0) is 23.1. The van der Waals surface area contributed by atoms with Crippen molar-refractivity contribution >= 4 is 38.9 Å². The van der Waals surface area contributed by atoms with E-state index in [2.05, 4.69) is 36.3 Å². The molecule has 5 rings (SSSR count). The van der Waals surface area contributed by atoms with Gasteiger partial charge in [0.1, 0.15) is 10.6 Å². The summed E-state index contributed by atoms with van der Waals surface area (Å²) in [4.78, 5) is 42.8. The summed E-state index contributed by atoms with van der Waals surface area (Å²) in [6, 6.07) is 13.0. The van der Waals surface area contributed by atoms with E-state index in [9.17, 15) is 14.4 Å². The number of ether oxygens (including phenoxy) is 1. The first-order valence-corrected chi connectivity index (χ1v) is 11.5. The van der Waals surface area contributed by atoms with Crippen molar-refractivity contribution in [2.75, 3.05) is 11.9 Å². The summed E-state index contributed by atoms with van der Waals surface area (Å²) in [6.45, 7) is 4.07. The third-order valence-electron chi connectivity index (χ3n) is 5.70. The second-order valence-corrected chi connectivity index (χ2v) is 9.11. The van der Waals surface area contributed by atoms with E-state index < -0.39 is 0 Å². The lowest BCUT2D eigenvalue weighted by Crippen LogP contribution is -2.26. The molecule has 2 aromatic carbocycles. The normalized spacial score (nSPS) is 13.0. The molecule has 0 bridgehead atoms. The van der Waals surface area contributed by atoms with Gasteiger partial charge in [-0.2, -0.15) is 0 Å². The van der Waals surface area contributed by atoms with Crippen LogP contribution in [0.2, 0.25) is 0 Å². The van der Waals surface area contributed by atoms with Crippen LogP contribution < -0.4 is 15.6 Å². The van der Waals surface area contributed by atoms with Gasteiger partial charge >= 0.3 is 0 Å². The van der Waals surface area contributed by atoms with Crippen LogP contribution in [0.1, 0.15) is 35.7 Å². The first kappa shape index (κ1) is 21.1. The smallest absolute Gasteiger partial charge is 0.263 e. The van der Waals surface area contributed by atoms with Gasteiger partial charge in [-0.15, -0.1) is 11.3 Å². The number of aromatic nitrogens is 2. The van der Waals surface area contributed by atoms with E-state index in [0.717, 1.165) is 11.1 Å². The van der Waals surface area contributed by atoms with Gasteiger partial charge in [-0.1, -0.05) is 38.1 Å². The predicted molar refractivity (Wildman–Crippen MR) is 128 cm³/mol. The fraction of sp³-hybridized carbons (Fsp3) is 0.200. The summed E-state index contributed by atoms with van der Waals surface area (Å²) in [5.41, 5.74) is 3.56. The number of fused-ring (bicyclic) bond motifs is 2. The maximum absolute atomic E-state index is 13.3. The molecule has 0 spiro atoms. The standard InChI is InChI=1S/C25H21N3O4S/c1-14(2)15-3-5-16(6-4-15)18-12-33-24-23(18)25(31)28(13-26-24)10-20(29)17-7-8-21-19(9-17)27-22(30)11-32-21/h3-9,12-14H,10-11H2,1-2H3,(H,27,30). The van der Waals surface area contributed by atoms with Crippen LogP contribution in [0.25, 0.3) is 21.3 Å². The number of thiophene rings is 1. The fourth-order valence-corrected chi connectivity index (χ4v) is 4.75. The van der Waals surface area contributed by atoms with Crippen LogP contribution in [0.3, 0.4) is 0 Å². The van der Waals surface area contributed by atoms with Crippen molar-refractivity contribution in [3.05, 3.63) is 75.7 Å². The molecule has 0 atom stereocenters. The molecule has 1 aliphatic rings. The van der Waals surface area contributed by atoms with Crippen LogP contribution in [0.5, 0.6) is 5.75 Å². The molecule has 4 aromatic rings. The monoisotopic (exact) mass is 459 g/mol. The molecule has 0 saturated heterocycles. The van der Waals surface area contributed by atoms with E-state index in [-0.39, 0.29) is 30.4 Å². The number of hydrogen-bond acceptors (Lipinski definition) is 6. The summed E-state index contributed by atoms with van der Waals surface area (Å²) in [6.07, 6.45) is 1.41. The third-order valence-corrected chi connectivity index (χ3v) is 6.58. The van der Waals surface area contributed by atoms with Crippen LogP contribution in [0.4, 0.5) is 5.69 Å². The molecule has 0 unspecified atom stereocenters. The topological polar surface area (TPSA) is 90.3 Å². The molecule has 1 aliphatic heterocycles. The SMILES string of the molecule is CC(C)c1ccc(-c2csc3ncn(CC(=O)c4ccc5c(c4)NC(=O)CO5)c(=O)c23)cc1. The van der Waals surface area contributed by atoms with Crippen molar-refractivity contribution in [2.45, 2.75) is 26.3 Å². The Morgan fingerprint density at radius 3 is 2.73 bits per heavy atom. The number of nitrogens with one attached hydrogen (secondary N) is 1. The van der Waals surface area contributed by atoms with Gasteiger partial charge in [0.15, 0.2) is 12.4 Å². The quantitative estimate of drug-likeness (QED) is 0.445. The number of hydrogen-bond donors (Lipinski definition) is 1. The molecule has 0 fully saturated rings. The van der Waals surface area contributed by atoms with Crippen LogP contribution in [-0.2, 0) is 11.3 Å². The highest BCUT2D eigenvalue weighted by Gasteiger charge is 2.19. The summed E-state index contributed by atoms with van der Waals surface area (Å²) >= 11 is 1.41. The Kier molecular flexibility index (Phi) is 5.30. The molecular weight excluding hydrogens is 438 g/mol. The first-order valence-electron chi connectivity index (χ1n) is 10.6. The number of amides is 1. The first-order chi connectivity index (χ1) is 15.9. The van der Waals surface area contributed by atoms with Crippen LogP contribution in [0, 0.1) is 0 Å².